The van der Waals surface area contributed by atoms with E-state index < -0.39 is 0 Å². The molecule has 2 rings (SSSR count). The summed E-state index contributed by atoms with van der Waals surface area (Å²) >= 11 is 0. The van der Waals surface area contributed by atoms with Gasteiger partial charge in [-0.15, -0.1) is 24.8 Å². The second kappa shape index (κ2) is 5.47. The van der Waals surface area contributed by atoms with Crippen molar-refractivity contribution in [2.45, 2.75) is 6.42 Å². The van der Waals surface area contributed by atoms with E-state index >= 15 is 0 Å². The largest absolute Gasteiger partial charge is 0.316 e. The zero-order chi connectivity index (χ0) is 7.68. The van der Waals surface area contributed by atoms with E-state index in [0.717, 1.165) is 5.92 Å². The molecule has 0 spiro atoms. The number of nitrogens with zero attached hydrogens (tertiary/aromatic N) is 2. The lowest BCUT2D eigenvalue weighted by Gasteiger charge is -2.26. The Bertz CT molecular complexity index is 245. The van der Waals surface area contributed by atoms with Gasteiger partial charge in [0.1, 0.15) is 0 Å². The van der Waals surface area contributed by atoms with Crippen LogP contribution < -0.4 is 5.32 Å². The quantitative estimate of drug-likeness (QED) is 0.812. The summed E-state index contributed by atoms with van der Waals surface area (Å²) in [5.74, 6) is 0.846. The molecule has 0 aliphatic carbocycles. The van der Waals surface area contributed by atoms with Crippen LogP contribution in [0.2, 0.25) is 0 Å². The van der Waals surface area contributed by atoms with E-state index in [-0.39, 0.29) is 24.8 Å². The maximum absolute atomic E-state index is 4.12. The topological polar surface area (TPSA) is 29.9 Å². The van der Waals surface area contributed by atoms with Crippen molar-refractivity contribution in [1.29, 1.82) is 0 Å². The maximum Gasteiger partial charge on any atom is 0.0521 e. The Labute approximate surface area is 90.7 Å². The van der Waals surface area contributed by atoms with Crippen molar-refractivity contribution in [1.82, 2.24) is 15.1 Å². The molecule has 13 heavy (non-hydrogen) atoms. The van der Waals surface area contributed by atoms with Crippen LogP contribution in [0, 0.1) is 5.92 Å². The van der Waals surface area contributed by atoms with Gasteiger partial charge in [0.05, 0.1) is 6.20 Å². The van der Waals surface area contributed by atoms with Crippen molar-refractivity contribution < 1.29 is 0 Å². The van der Waals surface area contributed by atoms with Gasteiger partial charge < -0.3 is 5.32 Å². The molecule has 1 aromatic heterocycles. The van der Waals surface area contributed by atoms with Crippen LogP contribution in [0.3, 0.4) is 0 Å². The van der Waals surface area contributed by atoms with Crippen molar-refractivity contribution in [3.05, 3.63) is 18.0 Å². The fourth-order valence-corrected chi connectivity index (χ4v) is 1.40. The molecular formula is C8H15Cl2N3. The first-order valence-electron chi connectivity index (χ1n) is 4.03. The minimum atomic E-state index is 0. The number of halogens is 2. The second-order valence-electron chi connectivity index (χ2n) is 3.25. The molecule has 1 aliphatic rings. The molecule has 3 nitrogen and oxygen atoms in total. The highest BCUT2D eigenvalue weighted by atomic mass is 35.5. The summed E-state index contributed by atoms with van der Waals surface area (Å²) in [5.41, 5.74) is 1.36. The van der Waals surface area contributed by atoms with Crippen molar-refractivity contribution in [2.24, 2.45) is 13.0 Å². The molecule has 5 heteroatoms. The number of hydrogen-bond donors (Lipinski definition) is 1. The lowest BCUT2D eigenvalue weighted by molar-refractivity contribution is 0.346. The summed E-state index contributed by atoms with van der Waals surface area (Å²) in [5, 5.41) is 7.39. The maximum atomic E-state index is 4.12. The zero-order valence-electron chi connectivity index (χ0n) is 7.56. The van der Waals surface area contributed by atoms with Crippen LogP contribution in [0.5, 0.6) is 0 Å². The Hall–Kier alpha value is -0.250. The van der Waals surface area contributed by atoms with Gasteiger partial charge >= 0.3 is 0 Å². The van der Waals surface area contributed by atoms with Crippen LogP contribution in [0.15, 0.2) is 12.4 Å². The smallest absolute Gasteiger partial charge is 0.0521 e. The predicted octanol–water partition coefficient (Wildman–Crippen LogP) is 1.03. The van der Waals surface area contributed by atoms with Gasteiger partial charge in [-0.05, 0) is 31.0 Å². The average molecular weight is 224 g/mol. The van der Waals surface area contributed by atoms with Gasteiger partial charge in [0, 0.05) is 13.2 Å². The number of aromatic nitrogens is 2. The van der Waals surface area contributed by atoms with Gasteiger partial charge in [-0.3, -0.25) is 4.68 Å². The minimum absolute atomic E-state index is 0. The molecule has 1 aromatic rings. The molecule has 1 N–H and O–H groups in total. The fourth-order valence-electron chi connectivity index (χ4n) is 1.40. The SMILES string of the molecule is Cl.Cl.Cn1cc(CC2CNC2)cn1. The Kier molecular flexibility index (Phi) is 5.37. The van der Waals surface area contributed by atoms with Gasteiger partial charge in [0.2, 0.25) is 0 Å². The van der Waals surface area contributed by atoms with Gasteiger partial charge in [0.15, 0.2) is 0 Å². The van der Waals surface area contributed by atoms with Crippen molar-refractivity contribution in [3.8, 4) is 0 Å². The number of nitrogens with one attached hydrogen (secondary N) is 1. The molecular weight excluding hydrogens is 209 g/mol. The van der Waals surface area contributed by atoms with Crippen molar-refractivity contribution in [2.75, 3.05) is 13.1 Å². The zero-order valence-corrected chi connectivity index (χ0v) is 9.20. The average Bonchev–Trinajstić information content (AvgIpc) is 2.27. The van der Waals surface area contributed by atoms with Crippen LogP contribution in [-0.2, 0) is 13.5 Å². The fraction of sp³-hybridized carbons (Fsp3) is 0.625. The third kappa shape index (κ3) is 3.18. The number of rotatable bonds is 2. The van der Waals surface area contributed by atoms with E-state index in [2.05, 4.69) is 16.6 Å². The molecule has 0 aromatic carbocycles. The molecule has 0 amide bonds. The molecule has 0 bridgehead atoms. The van der Waals surface area contributed by atoms with E-state index in [0.29, 0.717) is 0 Å². The van der Waals surface area contributed by atoms with Crippen LogP contribution in [0.1, 0.15) is 5.56 Å². The Morgan fingerprint density at radius 1 is 1.54 bits per heavy atom. The first kappa shape index (κ1) is 12.8. The highest BCUT2D eigenvalue weighted by Gasteiger charge is 2.17. The second-order valence-corrected chi connectivity index (χ2v) is 3.25. The summed E-state index contributed by atoms with van der Waals surface area (Å²) in [6, 6.07) is 0. The summed E-state index contributed by atoms with van der Waals surface area (Å²) in [7, 11) is 1.96. The highest BCUT2D eigenvalue weighted by Crippen LogP contribution is 2.10. The normalized spacial score (nSPS) is 15.5. The Morgan fingerprint density at radius 2 is 2.23 bits per heavy atom. The third-order valence-corrected chi connectivity index (χ3v) is 2.15. The Balaban J connectivity index is 0.000000720. The van der Waals surface area contributed by atoms with Crippen LogP contribution in [0.4, 0.5) is 0 Å². The molecule has 1 aliphatic heterocycles. The molecule has 1 fully saturated rings. The number of hydrogen-bond acceptors (Lipinski definition) is 2. The molecule has 1 saturated heterocycles. The highest BCUT2D eigenvalue weighted by molar-refractivity contribution is 5.85. The Morgan fingerprint density at radius 3 is 2.62 bits per heavy atom. The first-order valence-corrected chi connectivity index (χ1v) is 4.03. The standard InChI is InChI=1S/C8H13N3.2ClH/c1-11-6-8(5-10-11)2-7-3-9-4-7;;/h5-7,9H,2-4H2,1H3;2*1H. The molecule has 0 unspecified atom stereocenters. The molecule has 76 valence electrons. The first-order chi connectivity index (χ1) is 5.34. The van der Waals surface area contributed by atoms with Gasteiger partial charge in [-0.25, -0.2) is 0 Å². The monoisotopic (exact) mass is 223 g/mol. The molecule has 0 atom stereocenters. The lowest BCUT2D eigenvalue weighted by atomic mass is 9.96. The van der Waals surface area contributed by atoms with Gasteiger partial charge in [0.25, 0.3) is 0 Å². The van der Waals surface area contributed by atoms with Gasteiger partial charge in [-0.2, -0.15) is 5.10 Å². The van der Waals surface area contributed by atoms with Crippen LogP contribution >= 0.6 is 24.8 Å². The molecule has 0 saturated carbocycles. The third-order valence-electron chi connectivity index (χ3n) is 2.15. The van der Waals surface area contributed by atoms with Gasteiger partial charge in [-0.1, -0.05) is 0 Å². The van der Waals surface area contributed by atoms with E-state index in [1.165, 1.54) is 25.1 Å². The number of aryl methyl sites for hydroxylation is 1. The van der Waals surface area contributed by atoms with E-state index in [1.54, 1.807) is 0 Å². The predicted molar refractivity (Wildman–Crippen MR) is 57.8 cm³/mol. The van der Waals surface area contributed by atoms with E-state index in [1.807, 2.05) is 17.9 Å². The van der Waals surface area contributed by atoms with Crippen LogP contribution in [-0.4, -0.2) is 22.9 Å². The van der Waals surface area contributed by atoms with E-state index in [9.17, 15) is 0 Å². The van der Waals surface area contributed by atoms with Crippen molar-refractivity contribution >= 4 is 24.8 Å². The van der Waals surface area contributed by atoms with Crippen molar-refractivity contribution in [3.63, 3.8) is 0 Å². The summed E-state index contributed by atoms with van der Waals surface area (Å²) in [6.45, 7) is 2.35. The summed E-state index contributed by atoms with van der Waals surface area (Å²) < 4.78 is 1.86. The minimum Gasteiger partial charge on any atom is -0.316 e. The molecule has 0 radical (unpaired) electrons. The van der Waals surface area contributed by atoms with E-state index in [4.69, 9.17) is 0 Å². The lowest BCUT2D eigenvalue weighted by Crippen LogP contribution is -2.42. The molecule has 2 heterocycles. The summed E-state index contributed by atoms with van der Waals surface area (Å²) in [4.78, 5) is 0. The summed E-state index contributed by atoms with van der Waals surface area (Å²) in [6.07, 6.45) is 5.23. The van der Waals surface area contributed by atoms with Crippen LogP contribution in [0.25, 0.3) is 0 Å².